The van der Waals surface area contributed by atoms with Crippen LogP contribution in [0.2, 0.25) is 0 Å². The van der Waals surface area contributed by atoms with E-state index < -0.39 is 23.6 Å². The van der Waals surface area contributed by atoms with E-state index in [1.807, 2.05) is 0 Å². The van der Waals surface area contributed by atoms with Gasteiger partial charge in [0.15, 0.2) is 0 Å². The Hall–Kier alpha value is -2.51. The third-order valence-electron chi connectivity index (χ3n) is 3.79. The van der Waals surface area contributed by atoms with Crippen LogP contribution < -0.4 is 5.32 Å². The highest BCUT2D eigenvalue weighted by Crippen LogP contribution is 2.41. The number of carbonyl (C=O) groups excluding carboxylic acids is 1. The molecule has 0 radical (unpaired) electrons. The van der Waals surface area contributed by atoms with Crippen LogP contribution in [0.25, 0.3) is 0 Å². The standard InChI is InChI=1S/C16H15F3N4O/c1-9-8-12(16(17,18)19)22-14(21-9)15(24)23-13(10-2-3-10)11-4-6-20-7-5-11/h4-8,10,13H,2-3H2,1H3,(H,23,24). The van der Waals surface area contributed by atoms with Gasteiger partial charge in [-0.2, -0.15) is 13.2 Å². The van der Waals surface area contributed by atoms with Crippen LogP contribution in [0, 0.1) is 12.8 Å². The zero-order chi connectivity index (χ0) is 17.3. The van der Waals surface area contributed by atoms with Crippen LogP contribution in [0.3, 0.4) is 0 Å². The van der Waals surface area contributed by atoms with E-state index in [1.165, 1.54) is 6.92 Å². The number of aryl methyl sites for hydroxylation is 1. The molecule has 1 fully saturated rings. The summed E-state index contributed by atoms with van der Waals surface area (Å²) in [7, 11) is 0. The summed E-state index contributed by atoms with van der Waals surface area (Å²) in [6.45, 7) is 1.40. The van der Waals surface area contributed by atoms with Crippen molar-refractivity contribution >= 4 is 5.91 Å². The third-order valence-corrected chi connectivity index (χ3v) is 3.79. The molecule has 0 spiro atoms. The lowest BCUT2D eigenvalue weighted by atomic mass is 10.0. The van der Waals surface area contributed by atoms with Crippen molar-refractivity contribution < 1.29 is 18.0 Å². The molecule has 1 atom stereocenters. The largest absolute Gasteiger partial charge is 0.433 e. The normalized spacial score (nSPS) is 15.8. The zero-order valence-electron chi connectivity index (χ0n) is 12.8. The van der Waals surface area contributed by atoms with Crippen LogP contribution in [0.5, 0.6) is 0 Å². The summed E-state index contributed by atoms with van der Waals surface area (Å²) in [5.41, 5.74) is -0.161. The number of hydrogen-bond donors (Lipinski definition) is 1. The molecule has 126 valence electrons. The van der Waals surface area contributed by atoms with E-state index in [2.05, 4.69) is 20.3 Å². The second-order valence-electron chi connectivity index (χ2n) is 5.79. The number of rotatable bonds is 4. The van der Waals surface area contributed by atoms with Crippen LogP contribution in [-0.4, -0.2) is 20.9 Å². The molecule has 24 heavy (non-hydrogen) atoms. The number of alkyl halides is 3. The van der Waals surface area contributed by atoms with Crippen molar-refractivity contribution in [3.63, 3.8) is 0 Å². The van der Waals surface area contributed by atoms with Gasteiger partial charge in [0.1, 0.15) is 5.69 Å². The van der Waals surface area contributed by atoms with Gasteiger partial charge in [0.05, 0.1) is 6.04 Å². The monoisotopic (exact) mass is 336 g/mol. The Labute approximate surface area is 136 Å². The minimum atomic E-state index is -4.62. The summed E-state index contributed by atoms with van der Waals surface area (Å²) >= 11 is 0. The van der Waals surface area contributed by atoms with E-state index >= 15 is 0 Å². The van der Waals surface area contributed by atoms with Crippen molar-refractivity contribution in [2.45, 2.75) is 32.0 Å². The third kappa shape index (κ3) is 3.69. The van der Waals surface area contributed by atoms with Crippen LogP contribution in [0.1, 0.15) is 46.5 Å². The number of nitrogens with one attached hydrogen (secondary N) is 1. The predicted molar refractivity (Wildman–Crippen MR) is 78.9 cm³/mol. The van der Waals surface area contributed by atoms with E-state index in [4.69, 9.17) is 0 Å². The number of nitrogens with zero attached hydrogens (tertiary/aromatic N) is 3. The molecule has 0 saturated heterocycles. The second-order valence-corrected chi connectivity index (χ2v) is 5.79. The molecule has 2 aromatic heterocycles. The lowest BCUT2D eigenvalue weighted by Gasteiger charge is -2.18. The van der Waals surface area contributed by atoms with Crippen molar-refractivity contribution in [3.8, 4) is 0 Å². The van der Waals surface area contributed by atoms with Gasteiger partial charge in [0.2, 0.25) is 5.82 Å². The molecule has 0 aliphatic heterocycles. The van der Waals surface area contributed by atoms with Crippen LogP contribution in [0.4, 0.5) is 13.2 Å². The maximum absolute atomic E-state index is 12.8. The Morgan fingerprint density at radius 2 is 1.92 bits per heavy atom. The van der Waals surface area contributed by atoms with Crippen molar-refractivity contribution in [3.05, 3.63) is 53.4 Å². The van der Waals surface area contributed by atoms with Crippen molar-refractivity contribution in [2.24, 2.45) is 5.92 Å². The number of pyridine rings is 1. The summed E-state index contributed by atoms with van der Waals surface area (Å²) in [4.78, 5) is 23.5. The van der Waals surface area contributed by atoms with Crippen molar-refractivity contribution in [1.82, 2.24) is 20.3 Å². The fraction of sp³-hybridized carbons (Fsp3) is 0.375. The highest BCUT2D eigenvalue weighted by atomic mass is 19.4. The number of aromatic nitrogens is 3. The van der Waals surface area contributed by atoms with Gasteiger partial charge in [-0.3, -0.25) is 9.78 Å². The van der Waals surface area contributed by atoms with Gasteiger partial charge < -0.3 is 5.32 Å². The van der Waals surface area contributed by atoms with Gasteiger partial charge in [-0.15, -0.1) is 0 Å². The second kappa shape index (κ2) is 6.18. The quantitative estimate of drug-likeness (QED) is 0.932. The maximum Gasteiger partial charge on any atom is 0.433 e. The predicted octanol–water partition coefficient (Wildman–Crippen LogP) is 3.08. The Bertz CT molecular complexity index is 745. The smallest absolute Gasteiger partial charge is 0.342 e. The molecule has 1 N–H and O–H groups in total. The van der Waals surface area contributed by atoms with Crippen molar-refractivity contribution in [2.75, 3.05) is 0 Å². The Morgan fingerprint density at radius 1 is 1.25 bits per heavy atom. The van der Waals surface area contributed by atoms with E-state index in [0.717, 1.165) is 24.5 Å². The first-order valence-corrected chi connectivity index (χ1v) is 7.48. The zero-order valence-corrected chi connectivity index (χ0v) is 12.8. The fourth-order valence-electron chi connectivity index (χ4n) is 2.49. The lowest BCUT2D eigenvalue weighted by Crippen LogP contribution is -2.32. The first-order valence-electron chi connectivity index (χ1n) is 7.48. The van der Waals surface area contributed by atoms with Crippen molar-refractivity contribution in [1.29, 1.82) is 0 Å². The van der Waals surface area contributed by atoms with E-state index in [0.29, 0.717) is 0 Å². The van der Waals surface area contributed by atoms with Gasteiger partial charge >= 0.3 is 6.18 Å². The van der Waals surface area contributed by atoms with E-state index in [1.54, 1.807) is 24.5 Å². The molecule has 3 rings (SSSR count). The first kappa shape index (κ1) is 16.4. The van der Waals surface area contributed by atoms with E-state index in [-0.39, 0.29) is 17.7 Å². The van der Waals surface area contributed by atoms with Gasteiger partial charge in [-0.25, -0.2) is 9.97 Å². The SMILES string of the molecule is Cc1cc(C(F)(F)F)nc(C(=O)NC(c2ccncc2)C2CC2)n1. The average Bonchev–Trinajstić information content (AvgIpc) is 3.36. The molecular weight excluding hydrogens is 321 g/mol. The summed E-state index contributed by atoms with van der Waals surface area (Å²) in [6.07, 6.45) is 0.513. The summed E-state index contributed by atoms with van der Waals surface area (Å²) in [5, 5.41) is 2.76. The molecule has 1 unspecified atom stereocenters. The number of hydrogen-bond acceptors (Lipinski definition) is 4. The molecule has 5 nitrogen and oxygen atoms in total. The lowest BCUT2D eigenvalue weighted by molar-refractivity contribution is -0.141. The van der Waals surface area contributed by atoms with Gasteiger partial charge in [-0.05, 0) is 49.4 Å². The van der Waals surface area contributed by atoms with Crippen LogP contribution in [0.15, 0.2) is 30.6 Å². The maximum atomic E-state index is 12.8. The molecule has 8 heteroatoms. The Balaban J connectivity index is 1.85. The number of carbonyl (C=O) groups is 1. The minimum Gasteiger partial charge on any atom is -0.342 e. The molecule has 0 aromatic carbocycles. The fourth-order valence-corrected chi connectivity index (χ4v) is 2.49. The number of halogens is 3. The van der Waals surface area contributed by atoms with Gasteiger partial charge in [0, 0.05) is 18.1 Å². The van der Waals surface area contributed by atoms with Gasteiger partial charge in [0.25, 0.3) is 5.91 Å². The molecule has 0 bridgehead atoms. The van der Waals surface area contributed by atoms with E-state index in [9.17, 15) is 18.0 Å². The van der Waals surface area contributed by atoms with Crippen LogP contribution in [-0.2, 0) is 6.18 Å². The highest BCUT2D eigenvalue weighted by Gasteiger charge is 2.36. The molecule has 1 amide bonds. The molecule has 1 aliphatic carbocycles. The van der Waals surface area contributed by atoms with Crippen LogP contribution >= 0.6 is 0 Å². The Morgan fingerprint density at radius 3 is 2.50 bits per heavy atom. The van der Waals surface area contributed by atoms with Gasteiger partial charge in [-0.1, -0.05) is 0 Å². The topological polar surface area (TPSA) is 67.8 Å². The summed E-state index contributed by atoms with van der Waals surface area (Å²) < 4.78 is 38.5. The highest BCUT2D eigenvalue weighted by molar-refractivity contribution is 5.90. The summed E-state index contributed by atoms with van der Waals surface area (Å²) in [6, 6.07) is 4.10. The minimum absolute atomic E-state index is 0.0920. The molecule has 1 saturated carbocycles. The average molecular weight is 336 g/mol. The molecule has 1 aliphatic rings. The molecule has 2 aromatic rings. The molecular formula is C16H15F3N4O. The summed E-state index contributed by atoms with van der Waals surface area (Å²) in [5.74, 6) is -0.914. The number of amides is 1. The Kier molecular flexibility index (Phi) is 4.21. The molecule has 2 heterocycles. The first-order chi connectivity index (χ1) is 11.3.